The van der Waals surface area contributed by atoms with Gasteiger partial charge in [0.05, 0.1) is 7.11 Å². The van der Waals surface area contributed by atoms with E-state index in [2.05, 4.69) is 24.8 Å². The number of carbonyl (C=O) groups excluding carboxylic acids is 2. The molecule has 0 aromatic heterocycles. The molecule has 0 atom stereocenters. The Morgan fingerprint density at radius 1 is 0.875 bits per heavy atom. The summed E-state index contributed by atoms with van der Waals surface area (Å²) in [7, 11) is 1.33. The zero-order valence-electron chi connectivity index (χ0n) is 15.4. The van der Waals surface area contributed by atoms with Crippen LogP contribution in [0.5, 0.6) is 0 Å². The molecule has 4 rings (SSSR count). The molecule has 0 radical (unpaired) electrons. The van der Waals surface area contributed by atoms with Crippen LogP contribution in [-0.2, 0) is 19.1 Å². The van der Waals surface area contributed by atoms with Gasteiger partial charge in [0.2, 0.25) is 0 Å². The monoisotopic (exact) mass is 334 g/mol. The average molecular weight is 334 g/mol. The van der Waals surface area contributed by atoms with E-state index < -0.39 is 0 Å². The van der Waals surface area contributed by atoms with Gasteiger partial charge in [-0.25, -0.2) is 9.59 Å². The molecule has 24 heavy (non-hydrogen) atoms. The second-order valence-electron chi connectivity index (χ2n) is 7.93. The molecule has 4 bridgehead atoms. The minimum absolute atomic E-state index is 0.194. The van der Waals surface area contributed by atoms with Crippen molar-refractivity contribution >= 4 is 11.9 Å². The molecule has 4 heteroatoms. The number of ether oxygens (including phenoxy) is 2. The summed E-state index contributed by atoms with van der Waals surface area (Å²) in [5, 5.41) is 0. The molecule has 0 aromatic carbocycles. The average Bonchev–Trinajstić information content (AvgIpc) is 2.51. The third kappa shape index (κ3) is 3.73. The second kappa shape index (κ2) is 7.12. The van der Waals surface area contributed by atoms with Crippen LogP contribution in [0.25, 0.3) is 0 Å². The first-order valence-electron chi connectivity index (χ1n) is 8.80. The van der Waals surface area contributed by atoms with E-state index in [4.69, 9.17) is 4.74 Å². The summed E-state index contributed by atoms with van der Waals surface area (Å²) < 4.78 is 10.1. The van der Waals surface area contributed by atoms with Gasteiger partial charge in [-0.15, -0.1) is 0 Å². The molecule has 0 N–H and O–H groups in total. The lowest BCUT2D eigenvalue weighted by Gasteiger charge is -2.59. The molecule has 0 spiro atoms. The summed E-state index contributed by atoms with van der Waals surface area (Å²) in [5.74, 6) is 2.48. The quantitative estimate of drug-likeness (QED) is 0.577. The molecule has 0 aromatic rings. The standard InChI is InChI=1S/C15H22O2.C5H8O2/c1-9(2)14(16)17-15(3)12-5-10-4-11(7-12)8-13(15)6-10;1-4(2)5(6)7-3/h10-13H,1,4-8H2,2-3H3;1H2,2-3H3. The van der Waals surface area contributed by atoms with E-state index >= 15 is 0 Å². The van der Waals surface area contributed by atoms with E-state index in [-0.39, 0.29) is 17.5 Å². The molecule has 0 heterocycles. The Labute approximate surface area is 145 Å². The molecule has 4 aliphatic rings. The molecule has 0 aliphatic heterocycles. The minimum Gasteiger partial charge on any atom is -0.466 e. The van der Waals surface area contributed by atoms with Gasteiger partial charge in [-0.3, -0.25) is 0 Å². The van der Waals surface area contributed by atoms with Gasteiger partial charge in [-0.05, 0) is 76.5 Å². The first-order valence-corrected chi connectivity index (χ1v) is 8.80. The number of methoxy groups -OCH3 is 1. The van der Waals surface area contributed by atoms with Crippen molar-refractivity contribution in [2.75, 3.05) is 7.11 Å². The predicted molar refractivity (Wildman–Crippen MR) is 93.2 cm³/mol. The summed E-state index contributed by atoms with van der Waals surface area (Å²) in [6.45, 7) is 12.6. The second-order valence-corrected chi connectivity index (χ2v) is 7.93. The van der Waals surface area contributed by atoms with Gasteiger partial charge in [0.25, 0.3) is 0 Å². The molecule has 4 nitrogen and oxygen atoms in total. The Morgan fingerprint density at radius 2 is 1.29 bits per heavy atom. The minimum atomic E-state index is -0.347. The third-order valence-electron chi connectivity index (χ3n) is 5.95. The van der Waals surface area contributed by atoms with Crippen LogP contribution in [0.2, 0.25) is 0 Å². The van der Waals surface area contributed by atoms with E-state index in [0.29, 0.717) is 23.0 Å². The van der Waals surface area contributed by atoms with Crippen LogP contribution in [-0.4, -0.2) is 24.6 Å². The van der Waals surface area contributed by atoms with Crippen molar-refractivity contribution in [2.45, 2.75) is 58.5 Å². The van der Waals surface area contributed by atoms with Crippen LogP contribution in [0.15, 0.2) is 24.3 Å². The lowest BCUT2D eigenvalue weighted by Crippen LogP contribution is -2.58. The lowest BCUT2D eigenvalue weighted by molar-refractivity contribution is -0.199. The van der Waals surface area contributed by atoms with Crippen molar-refractivity contribution in [3.05, 3.63) is 24.3 Å². The normalized spacial score (nSPS) is 35.5. The first kappa shape index (κ1) is 18.8. The molecular weight excluding hydrogens is 304 g/mol. The van der Waals surface area contributed by atoms with E-state index in [0.717, 1.165) is 11.8 Å². The number of rotatable bonds is 3. The van der Waals surface area contributed by atoms with Crippen LogP contribution in [0.3, 0.4) is 0 Å². The molecule has 134 valence electrons. The highest BCUT2D eigenvalue weighted by molar-refractivity contribution is 5.87. The highest BCUT2D eigenvalue weighted by Gasteiger charge is 2.57. The van der Waals surface area contributed by atoms with E-state index in [1.807, 2.05) is 0 Å². The van der Waals surface area contributed by atoms with Crippen molar-refractivity contribution in [3.8, 4) is 0 Å². The highest BCUT2D eigenvalue weighted by atomic mass is 16.6. The molecule has 0 amide bonds. The molecule has 4 aliphatic carbocycles. The maximum atomic E-state index is 11.8. The fourth-order valence-electron chi connectivity index (χ4n) is 4.75. The van der Waals surface area contributed by atoms with Gasteiger partial charge in [-0.2, -0.15) is 0 Å². The topological polar surface area (TPSA) is 52.6 Å². The van der Waals surface area contributed by atoms with Crippen LogP contribution in [0, 0.1) is 23.7 Å². The smallest absolute Gasteiger partial charge is 0.333 e. The zero-order valence-corrected chi connectivity index (χ0v) is 15.4. The Hall–Kier alpha value is -1.58. The summed E-state index contributed by atoms with van der Waals surface area (Å²) in [4.78, 5) is 22.0. The summed E-state index contributed by atoms with van der Waals surface area (Å²) >= 11 is 0. The van der Waals surface area contributed by atoms with Crippen LogP contribution in [0.4, 0.5) is 0 Å². The third-order valence-corrected chi connectivity index (χ3v) is 5.95. The number of esters is 2. The predicted octanol–water partition coefficient (Wildman–Crippen LogP) is 4.06. The molecule has 4 saturated carbocycles. The molecule has 4 fully saturated rings. The maximum absolute atomic E-state index is 11.8. The van der Waals surface area contributed by atoms with Crippen molar-refractivity contribution in [1.82, 2.24) is 0 Å². The molecule has 0 unspecified atom stereocenters. The zero-order chi connectivity index (χ0) is 18.1. The van der Waals surface area contributed by atoms with Gasteiger partial charge in [-0.1, -0.05) is 13.2 Å². The summed E-state index contributed by atoms with van der Waals surface area (Å²) in [6.07, 6.45) is 6.51. The Kier molecular flexibility index (Phi) is 5.56. The number of carbonyl (C=O) groups is 2. The Morgan fingerprint density at radius 3 is 1.58 bits per heavy atom. The van der Waals surface area contributed by atoms with Gasteiger partial charge in [0, 0.05) is 11.1 Å². The van der Waals surface area contributed by atoms with Gasteiger partial charge in [0.1, 0.15) is 5.60 Å². The Balaban J connectivity index is 0.000000256. The molecular formula is C20H30O4. The van der Waals surface area contributed by atoms with E-state index in [1.165, 1.54) is 39.2 Å². The fraction of sp³-hybridized carbons (Fsp3) is 0.700. The van der Waals surface area contributed by atoms with Crippen molar-refractivity contribution < 1.29 is 19.1 Å². The van der Waals surface area contributed by atoms with E-state index in [9.17, 15) is 9.59 Å². The largest absolute Gasteiger partial charge is 0.466 e. The van der Waals surface area contributed by atoms with Crippen molar-refractivity contribution in [3.63, 3.8) is 0 Å². The van der Waals surface area contributed by atoms with Crippen molar-refractivity contribution in [2.24, 2.45) is 23.7 Å². The first-order chi connectivity index (χ1) is 11.2. The van der Waals surface area contributed by atoms with Crippen LogP contribution < -0.4 is 0 Å². The molecule has 0 saturated heterocycles. The van der Waals surface area contributed by atoms with Gasteiger partial charge >= 0.3 is 11.9 Å². The van der Waals surface area contributed by atoms with Crippen LogP contribution >= 0.6 is 0 Å². The fourth-order valence-corrected chi connectivity index (χ4v) is 4.75. The number of hydrogen-bond acceptors (Lipinski definition) is 4. The summed E-state index contributed by atoms with van der Waals surface area (Å²) in [5.41, 5.74) is 0.756. The Bertz CT molecular complexity index is 518. The van der Waals surface area contributed by atoms with Crippen molar-refractivity contribution in [1.29, 1.82) is 0 Å². The van der Waals surface area contributed by atoms with E-state index in [1.54, 1.807) is 13.8 Å². The maximum Gasteiger partial charge on any atom is 0.333 e. The van der Waals surface area contributed by atoms with Gasteiger partial charge in [0.15, 0.2) is 0 Å². The lowest BCUT2D eigenvalue weighted by atomic mass is 9.50. The van der Waals surface area contributed by atoms with Crippen LogP contribution in [0.1, 0.15) is 52.9 Å². The summed E-state index contributed by atoms with van der Waals surface area (Å²) in [6, 6.07) is 0. The number of hydrogen-bond donors (Lipinski definition) is 0. The van der Waals surface area contributed by atoms with Gasteiger partial charge < -0.3 is 9.47 Å². The SMILES string of the molecule is C=C(C)C(=O)OC.C=C(C)C(=O)OC1(C)C2CC3CC(C2)CC1C3. The highest BCUT2D eigenvalue weighted by Crippen LogP contribution is 2.59.